The maximum Gasteiger partial charge on any atom is 0.191 e. The maximum absolute atomic E-state index is 4.79. The first-order chi connectivity index (χ1) is 10.6. The molecule has 138 valence electrons. The van der Waals surface area contributed by atoms with E-state index in [4.69, 9.17) is 4.99 Å². The van der Waals surface area contributed by atoms with Gasteiger partial charge in [-0.15, -0.1) is 24.0 Å². The molecule has 1 saturated heterocycles. The van der Waals surface area contributed by atoms with Crippen molar-refractivity contribution in [3.05, 3.63) is 0 Å². The number of hydrogen-bond acceptors (Lipinski definition) is 3. The summed E-state index contributed by atoms with van der Waals surface area (Å²) in [7, 11) is 2.19. The normalized spacial score (nSPS) is 20.4. The average Bonchev–Trinajstić information content (AvgIpc) is 2.99. The van der Waals surface area contributed by atoms with E-state index < -0.39 is 0 Å². The molecule has 1 aliphatic heterocycles. The molecule has 1 fully saturated rings. The second kappa shape index (κ2) is 13.2. The molecule has 0 aromatic rings. The van der Waals surface area contributed by atoms with Crippen LogP contribution in [0.4, 0.5) is 0 Å². The summed E-state index contributed by atoms with van der Waals surface area (Å²) in [5, 5.41) is 6.82. The molecule has 1 heterocycles. The van der Waals surface area contributed by atoms with Crippen molar-refractivity contribution in [2.45, 2.75) is 59.0 Å². The highest BCUT2D eigenvalue weighted by atomic mass is 127. The fraction of sp³-hybridized carbons (Fsp3) is 0.941. The highest BCUT2D eigenvalue weighted by molar-refractivity contribution is 14.0. The predicted molar refractivity (Wildman–Crippen MR) is 112 cm³/mol. The van der Waals surface area contributed by atoms with Gasteiger partial charge in [0.05, 0.1) is 6.54 Å². The van der Waals surface area contributed by atoms with Gasteiger partial charge in [-0.25, -0.2) is 0 Å². The molecule has 0 spiro atoms. The van der Waals surface area contributed by atoms with Gasteiger partial charge in [0.1, 0.15) is 0 Å². The molecule has 0 aromatic carbocycles. The topological polar surface area (TPSA) is 42.9 Å². The Labute approximate surface area is 160 Å². The van der Waals surface area contributed by atoms with Crippen molar-refractivity contribution in [1.29, 1.82) is 0 Å². The summed E-state index contributed by atoms with van der Waals surface area (Å²) < 4.78 is 0. The van der Waals surface area contributed by atoms with Crippen LogP contribution in [0, 0.1) is 0 Å². The zero-order chi connectivity index (χ0) is 16.4. The van der Waals surface area contributed by atoms with E-state index in [2.05, 4.69) is 55.2 Å². The molecule has 2 unspecified atom stereocenters. The van der Waals surface area contributed by atoms with Gasteiger partial charge < -0.3 is 15.5 Å². The lowest BCUT2D eigenvalue weighted by Crippen LogP contribution is -2.43. The first-order valence-electron chi connectivity index (χ1n) is 9.08. The van der Waals surface area contributed by atoms with E-state index in [-0.39, 0.29) is 24.0 Å². The van der Waals surface area contributed by atoms with Crippen molar-refractivity contribution < 1.29 is 0 Å². The third-order valence-electron chi connectivity index (χ3n) is 4.81. The van der Waals surface area contributed by atoms with Gasteiger partial charge in [-0.2, -0.15) is 0 Å². The Morgan fingerprint density at radius 3 is 2.65 bits per heavy atom. The number of rotatable bonds is 9. The van der Waals surface area contributed by atoms with E-state index in [0.29, 0.717) is 12.1 Å². The van der Waals surface area contributed by atoms with E-state index in [0.717, 1.165) is 38.7 Å². The Morgan fingerprint density at radius 2 is 2.04 bits per heavy atom. The Morgan fingerprint density at radius 1 is 1.30 bits per heavy atom. The second-order valence-corrected chi connectivity index (χ2v) is 6.31. The highest BCUT2D eigenvalue weighted by Crippen LogP contribution is 2.16. The van der Waals surface area contributed by atoms with Crippen LogP contribution in [0.25, 0.3) is 0 Å². The Bertz CT molecular complexity index is 324. The van der Waals surface area contributed by atoms with Crippen LogP contribution in [-0.4, -0.2) is 74.2 Å². The SMILES string of the molecule is CCNC(=NCC1CCCN1CC)NCCN(C)C(C)CC.I. The molecule has 2 N–H and O–H groups in total. The summed E-state index contributed by atoms with van der Waals surface area (Å²) in [5.74, 6) is 0.961. The summed E-state index contributed by atoms with van der Waals surface area (Å²) in [5.41, 5.74) is 0. The number of hydrogen-bond donors (Lipinski definition) is 2. The molecular formula is C17H38IN5. The molecule has 0 aromatic heterocycles. The molecule has 6 heteroatoms. The van der Waals surface area contributed by atoms with E-state index in [1.54, 1.807) is 0 Å². The fourth-order valence-corrected chi connectivity index (χ4v) is 2.94. The monoisotopic (exact) mass is 439 g/mol. The van der Waals surface area contributed by atoms with Crippen molar-refractivity contribution >= 4 is 29.9 Å². The van der Waals surface area contributed by atoms with Crippen molar-refractivity contribution in [3.63, 3.8) is 0 Å². The summed E-state index contributed by atoms with van der Waals surface area (Å²) in [4.78, 5) is 9.73. The number of nitrogens with one attached hydrogen (secondary N) is 2. The first-order valence-corrected chi connectivity index (χ1v) is 9.08. The number of likely N-dealkylation sites (tertiary alicyclic amines) is 1. The van der Waals surface area contributed by atoms with Gasteiger partial charge in [-0.1, -0.05) is 13.8 Å². The van der Waals surface area contributed by atoms with E-state index in [1.165, 1.54) is 25.8 Å². The molecule has 1 aliphatic rings. The molecule has 0 radical (unpaired) electrons. The molecular weight excluding hydrogens is 401 g/mol. The molecule has 5 nitrogen and oxygen atoms in total. The number of nitrogens with zero attached hydrogens (tertiary/aromatic N) is 3. The van der Waals surface area contributed by atoms with Crippen LogP contribution < -0.4 is 10.6 Å². The van der Waals surface area contributed by atoms with Gasteiger partial charge >= 0.3 is 0 Å². The van der Waals surface area contributed by atoms with Crippen molar-refractivity contribution in [2.75, 3.05) is 46.3 Å². The zero-order valence-electron chi connectivity index (χ0n) is 15.8. The average molecular weight is 439 g/mol. The van der Waals surface area contributed by atoms with Gasteiger partial charge in [-0.3, -0.25) is 9.89 Å². The van der Waals surface area contributed by atoms with Crippen LogP contribution in [0.1, 0.15) is 47.0 Å². The summed E-state index contributed by atoms with van der Waals surface area (Å²) >= 11 is 0. The molecule has 0 amide bonds. The van der Waals surface area contributed by atoms with Crippen LogP contribution in [0.2, 0.25) is 0 Å². The first kappa shape index (κ1) is 22.9. The molecule has 0 saturated carbocycles. The van der Waals surface area contributed by atoms with Crippen LogP contribution in [0.5, 0.6) is 0 Å². The number of aliphatic imine (C=N–C) groups is 1. The third-order valence-corrected chi connectivity index (χ3v) is 4.81. The number of guanidine groups is 1. The maximum atomic E-state index is 4.79. The Balaban J connectivity index is 0.00000484. The second-order valence-electron chi connectivity index (χ2n) is 6.31. The zero-order valence-corrected chi connectivity index (χ0v) is 18.1. The van der Waals surface area contributed by atoms with Crippen LogP contribution in [-0.2, 0) is 0 Å². The molecule has 1 rings (SSSR count). The fourth-order valence-electron chi connectivity index (χ4n) is 2.94. The summed E-state index contributed by atoms with van der Waals surface area (Å²) in [6.07, 6.45) is 3.80. The number of likely N-dealkylation sites (N-methyl/N-ethyl adjacent to an activating group) is 2. The van der Waals surface area contributed by atoms with E-state index >= 15 is 0 Å². The lowest BCUT2D eigenvalue weighted by molar-refractivity contribution is 0.255. The minimum atomic E-state index is 0. The standard InChI is InChI=1S/C17H37N5.HI/c1-6-15(4)21(5)13-11-19-17(18-7-2)20-14-16-10-9-12-22(16)8-3;/h15-16H,6-14H2,1-5H3,(H2,18,19,20);1H. The minimum absolute atomic E-state index is 0. The lowest BCUT2D eigenvalue weighted by Gasteiger charge is -2.24. The van der Waals surface area contributed by atoms with Gasteiger partial charge in [0, 0.05) is 31.7 Å². The van der Waals surface area contributed by atoms with E-state index in [9.17, 15) is 0 Å². The number of halogens is 1. The van der Waals surface area contributed by atoms with Gasteiger partial charge in [0.2, 0.25) is 0 Å². The van der Waals surface area contributed by atoms with Gasteiger partial charge in [-0.05, 0) is 53.2 Å². The van der Waals surface area contributed by atoms with Crippen LogP contribution >= 0.6 is 24.0 Å². The Hall–Kier alpha value is -0.0800. The lowest BCUT2D eigenvalue weighted by atomic mass is 10.2. The minimum Gasteiger partial charge on any atom is -0.357 e. The summed E-state index contributed by atoms with van der Waals surface area (Å²) in [6.45, 7) is 15.1. The van der Waals surface area contributed by atoms with E-state index in [1.807, 2.05) is 0 Å². The highest BCUT2D eigenvalue weighted by Gasteiger charge is 2.22. The quantitative estimate of drug-likeness (QED) is 0.329. The van der Waals surface area contributed by atoms with Crippen molar-refractivity contribution in [2.24, 2.45) is 4.99 Å². The summed E-state index contributed by atoms with van der Waals surface area (Å²) in [6, 6.07) is 1.26. The largest absolute Gasteiger partial charge is 0.357 e. The molecule has 0 bridgehead atoms. The van der Waals surface area contributed by atoms with Gasteiger partial charge in [0.15, 0.2) is 5.96 Å². The Kier molecular flexibility index (Phi) is 13.2. The smallest absolute Gasteiger partial charge is 0.191 e. The third kappa shape index (κ3) is 8.54. The molecule has 0 aliphatic carbocycles. The van der Waals surface area contributed by atoms with Crippen molar-refractivity contribution in [1.82, 2.24) is 20.4 Å². The molecule has 23 heavy (non-hydrogen) atoms. The molecule has 2 atom stereocenters. The van der Waals surface area contributed by atoms with Crippen LogP contribution in [0.3, 0.4) is 0 Å². The van der Waals surface area contributed by atoms with Crippen LogP contribution in [0.15, 0.2) is 4.99 Å². The van der Waals surface area contributed by atoms with Crippen molar-refractivity contribution in [3.8, 4) is 0 Å². The predicted octanol–water partition coefficient (Wildman–Crippen LogP) is 2.37. The van der Waals surface area contributed by atoms with Gasteiger partial charge in [0.25, 0.3) is 0 Å².